The first-order valence-corrected chi connectivity index (χ1v) is 7.19. The van der Waals surface area contributed by atoms with E-state index in [1.165, 1.54) is 23.5 Å². The Hall–Kier alpha value is -2.75. The number of benzene rings is 1. The fourth-order valence-electron chi connectivity index (χ4n) is 2.46. The lowest BCUT2D eigenvalue weighted by atomic mass is 10.2. The number of alkyl halides is 3. The molecule has 1 atom stereocenters. The van der Waals surface area contributed by atoms with Crippen molar-refractivity contribution >= 4 is 11.6 Å². The van der Waals surface area contributed by atoms with Crippen LogP contribution in [0.5, 0.6) is 0 Å². The number of nitrogens with zero attached hydrogens (tertiary/aromatic N) is 2. The first-order valence-electron chi connectivity index (χ1n) is 7.19. The van der Waals surface area contributed by atoms with E-state index in [9.17, 15) is 22.8 Å². The summed E-state index contributed by atoms with van der Waals surface area (Å²) in [5.74, 6) is -2.10. The number of para-hydroxylation sites is 1. The van der Waals surface area contributed by atoms with Crippen molar-refractivity contribution in [2.75, 3.05) is 19.4 Å². The van der Waals surface area contributed by atoms with E-state index >= 15 is 0 Å². The van der Waals surface area contributed by atoms with Crippen molar-refractivity contribution in [1.82, 2.24) is 14.7 Å². The number of methoxy groups -OCH3 is 1. The van der Waals surface area contributed by atoms with E-state index in [1.807, 2.05) is 0 Å². The summed E-state index contributed by atoms with van der Waals surface area (Å²) in [4.78, 5) is 23.4. The minimum atomic E-state index is -5.01. The van der Waals surface area contributed by atoms with Crippen molar-refractivity contribution in [2.24, 2.45) is 7.05 Å². The van der Waals surface area contributed by atoms with Crippen LogP contribution in [0.25, 0.3) is 5.69 Å². The van der Waals surface area contributed by atoms with E-state index in [0.29, 0.717) is 5.69 Å². The van der Waals surface area contributed by atoms with Gasteiger partial charge in [-0.1, -0.05) is 18.2 Å². The average Bonchev–Trinajstić information content (AvgIpc) is 2.78. The lowest BCUT2D eigenvalue weighted by Gasteiger charge is -2.19. The minimum Gasteiger partial charge on any atom is -0.393 e. The third kappa shape index (κ3) is 3.68. The van der Waals surface area contributed by atoms with Gasteiger partial charge in [0.25, 0.3) is 5.56 Å². The summed E-state index contributed by atoms with van der Waals surface area (Å²) in [5.41, 5.74) is 5.83. The summed E-state index contributed by atoms with van der Waals surface area (Å²) >= 11 is 0. The summed E-state index contributed by atoms with van der Waals surface area (Å²) in [6.07, 6.45) is -6.04. The standard InChI is InChI=1S/C15H17F3N4O3/c1-21-12(10(25-2)8-20-14(24)15(16,17)18)11(19)13(23)22(21)9-6-4-3-5-7-9/h3-7,10H,8,19H2,1-2H3,(H,20,24). The van der Waals surface area contributed by atoms with Crippen LogP contribution in [0.3, 0.4) is 0 Å². The first kappa shape index (κ1) is 18.6. The predicted octanol–water partition coefficient (Wildman–Crippen LogP) is 1.12. The van der Waals surface area contributed by atoms with Crippen LogP contribution in [-0.4, -0.2) is 35.1 Å². The number of nitrogen functional groups attached to an aromatic ring is 1. The molecule has 10 heteroatoms. The molecule has 1 amide bonds. The van der Waals surface area contributed by atoms with Gasteiger partial charge in [-0.3, -0.25) is 14.3 Å². The number of rotatable bonds is 5. The summed E-state index contributed by atoms with van der Waals surface area (Å²) in [5, 5.41) is 1.73. The van der Waals surface area contributed by atoms with Gasteiger partial charge in [-0.05, 0) is 12.1 Å². The van der Waals surface area contributed by atoms with E-state index in [0.717, 1.165) is 0 Å². The van der Waals surface area contributed by atoms with Crippen molar-refractivity contribution in [3.63, 3.8) is 0 Å². The quantitative estimate of drug-likeness (QED) is 0.838. The zero-order valence-corrected chi connectivity index (χ0v) is 13.5. The molecule has 1 unspecified atom stereocenters. The number of hydrogen-bond donors (Lipinski definition) is 2. The van der Waals surface area contributed by atoms with E-state index < -0.39 is 30.3 Å². The van der Waals surface area contributed by atoms with Gasteiger partial charge < -0.3 is 15.8 Å². The number of ether oxygens (including phenoxy) is 1. The Morgan fingerprint density at radius 2 is 1.92 bits per heavy atom. The van der Waals surface area contributed by atoms with E-state index in [-0.39, 0.29) is 11.4 Å². The predicted molar refractivity (Wildman–Crippen MR) is 84.2 cm³/mol. The molecule has 1 heterocycles. The Bertz CT molecular complexity index is 812. The molecule has 1 aromatic carbocycles. The maximum atomic E-state index is 12.4. The van der Waals surface area contributed by atoms with Crippen LogP contribution in [0, 0.1) is 0 Å². The topological polar surface area (TPSA) is 91.3 Å². The molecule has 2 aromatic rings. The van der Waals surface area contributed by atoms with Crippen LogP contribution < -0.4 is 16.6 Å². The van der Waals surface area contributed by atoms with Crippen LogP contribution in [0.1, 0.15) is 11.8 Å². The number of carbonyl (C=O) groups excluding carboxylic acids is 1. The van der Waals surface area contributed by atoms with Crippen molar-refractivity contribution in [3.05, 3.63) is 46.4 Å². The molecular weight excluding hydrogens is 341 g/mol. The van der Waals surface area contributed by atoms with E-state index in [2.05, 4.69) is 0 Å². The van der Waals surface area contributed by atoms with Crippen molar-refractivity contribution in [1.29, 1.82) is 0 Å². The van der Waals surface area contributed by atoms with Crippen LogP contribution in [0.2, 0.25) is 0 Å². The molecule has 1 aromatic heterocycles. The van der Waals surface area contributed by atoms with Crippen LogP contribution in [0.4, 0.5) is 18.9 Å². The number of nitrogens with two attached hydrogens (primary N) is 1. The average molecular weight is 358 g/mol. The molecule has 0 saturated heterocycles. The SMILES string of the molecule is COC(CNC(=O)C(F)(F)F)c1c(N)c(=O)n(-c2ccccc2)n1C. The molecule has 3 N–H and O–H groups in total. The van der Waals surface area contributed by atoms with Gasteiger partial charge in [-0.15, -0.1) is 0 Å². The number of halogens is 3. The van der Waals surface area contributed by atoms with Crippen LogP contribution in [-0.2, 0) is 16.6 Å². The highest BCUT2D eigenvalue weighted by molar-refractivity contribution is 5.81. The Balaban J connectivity index is 2.38. The Morgan fingerprint density at radius 3 is 2.44 bits per heavy atom. The molecule has 0 bridgehead atoms. The first-order chi connectivity index (χ1) is 11.7. The van der Waals surface area contributed by atoms with Gasteiger partial charge in [0.05, 0.1) is 11.4 Å². The second-order valence-corrected chi connectivity index (χ2v) is 5.21. The lowest BCUT2D eigenvalue weighted by molar-refractivity contribution is -0.174. The zero-order valence-electron chi connectivity index (χ0n) is 13.5. The van der Waals surface area contributed by atoms with Gasteiger partial charge >= 0.3 is 12.1 Å². The number of anilines is 1. The normalized spacial score (nSPS) is 12.8. The van der Waals surface area contributed by atoms with Crippen molar-refractivity contribution in [3.8, 4) is 5.69 Å². The molecule has 25 heavy (non-hydrogen) atoms. The second kappa shape index (κ2) is 7.01. The lowest BCUT2D eigenvalue weighted by Crippen LogP contribution is -2.39. The molecule has 0 spiro atoms. The van der Waals surface area contributed by atoms with E-state index in [4.69, 9.17) is 10.5 Å². The molecule has 0 radical (unpaired) electrons. The Morgan fingerprint density at radius 1 is 1.32 bits per heavy atom. The van der Waals surface area contributed by atoms with Gasteiger partial charge in [-0.25, -0.2) is 4.68 Å². The molecule has 0 fully saturated rings. The summed E-state index contributed by atoms with van der Waals surface area (Å²) in [7, 11) is 2.77. The molecule has 7 nitrogen and oxygen atoms in total. The maximum Gasteiger partial charge on any atom is 0.471 e. The summed E-state index contributed by atoms with van der Waals surface area (Å²) in [6.45, 7) is -0.495. The van der Waals surface area contributed by atoms with Crippen LogP contribution >= 0.6 is 0 Å². The Kier molecular flexibility index (Phi) is 5.21. The highest BCUT2D eigenvalue weighted by Crippen LogP contribution is 2.23. The number of nitrogens with one attached hydrogen (secondary N) is 1. The fourth-order valence-corrected chi connectivity index (χ4v) is 2.46. The number of hydrogen-bond acceptors (Lipinski definition) is 4. The zero-order chi connectivity index (χ0) is 18.8. The van der Waals surface area contributed by atoms with Gasteiger partial charge in [0.1, 0.15) is 11.8 Å². The highest BCUT2D eigenvalue weighted by Gasteiger charge is 2.39. The molecule has 0 saturated carbocycles. The monoisotopic (exact) mass is 358 g/mol. The minimum absolute atomic E-state index is 0.166. The number of aromatic nitrogens is 2. The molecule has 0 aliphatic carbocycles. The van der Waals surface area contributed by atoms with Crippen molar-refractivity contribution < 1.29 is 22.7 Å². The van der Waals surface area contributed by atoms with Gasteiger partial charge in [-0.2, -0.15) is 13.2 Å². The van der Waals surface area contributed by atoms with Gasteiger partial charge in [0.15, 0.2) is 0 Å². The Labute approximate surface area is 140 Å². The third-order valence-corrected chi connectivity index (χ3v) is 3.64. The van der Waals surface area contributed by atoms with Gasteiger partial charge in [0, 0.05) is 20.7 Å². The molecule has 0 aliphatic rings. The van der Waals surface area contributed by atoms with E-state index in [1.54, 1.807) is 35.6 Å². The number of carbonyl (C=O) groups is 1. The number of amides is 1. The summed E-state index contributed by atoms with van der Waals surface area (Å²) < 4.78 is 44.7. The largest absolute Gasteiger partial charge is 0.471 e. The molecule has 136 valence electrons. The van der Waals surface area contributed by atoms with Crippen molar-refractivity contribution in [2.45, 2.75) is 12.3 Å². The van der Waals surface area contributed by atoms with Crippen LogP contribution in [0.15, 0.2) is 35.1 Å². The summed E-state index contributed by atoms with van der Waals surface area (Å²) in [6, 6.07) is 8.58. The molecule has 2 rings (SSSR count). The highest BCUT2D eigenvalue weighted by atomic mass is 19.4. The maximum absolute atomic E-state index is 12.4. The fraction of sp³-hybridized carbons (Fsp3) is 0.333. The second-order valence-electron chi connectivity index (χ2n) is 5.21. The third-order valence-electron chi connectivity index (χ3n) is 3.64. The molecular formula is C15H17F3N4O3. The molecule has 0 aliphatic heterocycles. The van der Waals surface area contributed by atoms with Gasteiger partial charge in [0.2, 0.25) is 0 Å². The smallest absolute Gasteiger partial charge is 0.393 e.